The third kappa shape index (κ3) is 3.38. The summed E-state index contributed by atoms with van der Waals surface area (Å²) in [6, 6.07) is 7.79. The molecule has 21 heavy (non-hydrogen) atoms. The average Bonchev–Trinajstić information content (AvgIpc) is 2.38. The second kappa shape index (κ2) is 5.53. The van der Waals surface area contributed by atoms with Crippen LogP contribution in [0.25, 0.3) is 11.1 Å². The molecule has 1 aromatic heterocycles. The summed E-state index contributed by atoms with van der Waals surface area (Å²) in [7, 11) is 0. The highest BCUT2D eigenvalue weighted by Crippen LogP contribution is 2.31. The molecule has 0 fully saturated rings. The Morgan fingerprint density at radius 2 is 1.71 bits per heavy atom. The predicted molar refractivity (Wildman–Crippen MR) is 82.0 cm³/mol. The van der Waals surface area contributed by atoms with Gasteiger partial charge in [0.2, 0.25) is 0 Å². The molecule has 0 N–H and O–H groups in total. The molecule has 0 aliphatic carbocycles. The van der Waals surface area contributed by atoms with Crippen LogP contribution in [0.15, 0.2) is 24.5 Å². The Bertz CT molecular complexity index is 689. The maximum absolute atomic E-state index is 9.44. The van der Waals surface area contributed by atoms with E-state index in [9.17, 15) is 5.26 Å². The Morgan fingerprint density at radius 3 is 2.24 bits per heavy atom. The minimum Gasteiger partial charge on any atom is -0.488 e. The zero-order valence-corrected chi connectivity index (χ0v) is 13.1. The van der Waals surface area contributed by atoms with E-state index in [1.54, 1.807) is 6.07 Å². The van der Waals surface area contributed by atoms with Crippen LogP contribution in [-0.2, 0) is 0 Å². The van der Waals surface area contributed by atoms with Gasteiger partial charge in [-0.2, -0.15) is 5.26 Å². The lowest BCUT2D eigenvalue weighted by molar-refractivity contribution is 0.131. The van der Waals surface area contributed by atoms with E-state index in [-0.39, 0.29) is 5.60 Å². The molecular formula is C17H19N3O. The van der Waals surface area contributed by atoms with Gasteiger partial charge in [0.15, 0.2) is 0 Å². The number of aryl methyl sites for hydroxylation is 2. The third-order valence-corrected chi connectivity index (χ3v) is 3.03. The third-order valence-electron chi connectivity index (χ3n) is 3.03. The van der Waals surface area contributed by atoms with E-state index >= 15 is 0 Å². The van der Waals surface area contributed by atoms with Crippen LogP contribution in [0.5, 0.6) is 5.75 Å². The van der Waals surface area contributed by atoms with Crippen molar-refractivity contribution < 1.29 is 4.74 Å². The topological polar surface area (TPSA) is 58.8 Å². The number of nitrogens with zero attached hydrogens (tertiary/aromatic N) is 3. The Labute approximate surface area is 125 Å². The Morgan fingerprint density at radius 1 is 1.10 bits per heavy atom. The average molecular weight is 281 g/mol. The van der Waals surface area contributed by atoms with Crippen molar-refractivity contribution in [3.05, 3.63) is 41.5 Å². The standard InChI is InChI=1S/C17H19N3O/c1-11-16(12(2)20-10-19-11)15-7-6-14(8-13(15)9-18)21-17(3,4)5/h6-8,10H,1-5H3. The summed E-state index contributed by atoms with van der Waals surface area (Å²) in [6.45, 7) is 9.78. The maximum Gasteiger partial charge on any atom is 0.121 e. The fraction of sp³-hybridized carbons (Fsp3) is 0.353. The first kappa shape index (κ1) is 15.0. The number of hydrogen-bond acceptors (Lipinski definition) is 4. The van der Waals surface area contributed by atoms with Crippen molar-refractivity contribution >= 4 is 0 Å². The second-order valence-corrected chi connectivity index (χ2v) is 5.95. The molecule has 0 unspecified atom stereocenters. The van der Waals surface area contributed by atoms with Crippen LogP contribution in [0.3, 0.4) is 0 Å². The summed E-state index contributed by atoms with van der Waals surface area (Å²) in [5.41, 5.74) is 3.76. The van der Waals surface area contributed by atoms with Gasteiger partial charge in [-0.25, -0.2) is 9.97 Å². The first-order valence-electron chi connectivity index (χ1n) is 6.83. The van der Waals surface area contributed by atoms with Crippen LogP contribution < -0.4 is 4.74 Å². The first-order valence-corrected chi connectivity index (χ1v) is 6.83. The van der Waals surface area contributed by atoms with Crippen LogP contribution >= 0.6 is 0 Å². The molecule has 0 amide bonds. The van der Waals surface area contributed by atoms with E-state index in [0.717, 1.165) is 22.5 Å². The summed E-state index contributed by atoms with van der Waals surface area (Å²) in [5, 5.41) is 9.44. The highest BCUT2D eigenvalue weighted by molar-refractivity contribution is 5.74. The van der Waals surface area contributed by atoms with E-state index in [1.807, 2.05) is 46.8 Å². The molecule has 0 bridgehead atoms. The lowest BCUT2D eigenvalue weighted by Crippen LogP contribution is -2.22. The summed E-state index contributed by atoms with van der Waals surface area (Å²) >= 11 is 0. The van der Waals surface area contributed by atoms with Gasteiger partial charge in [0.25, 0.3) is 0 Å². The van der Waals surface area contributed by atoms with E-state index in [0.29, 0.717) is 11.3 Å². The van der Waals surface area contributed by atoms with Gasteiger partial charge in [-0.1, -0.05) is 0 Å². The number of hydrogen-bond donors (Lipinski definition) is 0. The van der Waals surface area contributed by atoms with Crippen molar-refractivity contribution in [1.82, 2.24) is 9.97 Å². The van der Waals surface area contributed by atoms with Gasteiger partial charge < -0.3 is 4.74 Å². The molecule has 0 saturated heterocycles. The highest BCUT2D eigenvalue weighted by atomic mass is 16.5. The summed E-state index contributed by atoms with van der Waals surface area (Å²) in [6.07, 6.45) is 1.54. The Hall–Kier alpha value is -2.41. The lowest BCUT2D eigenvalue weighted by atomic mass is 9.97. The highest BCUT2D eigenvalue weighted by Gasteiger charge is 2.16. The van der Waals surface area contributed by atoms with Crippen molar-refractivity contribution in [3.63, 3.8) is 0 Å². The molecule has 1 heterocycles. The molecule has 4 nitrogen and oxygen atoms in total. The van der Waals surface area contributed by atoms with Gasteiger partial charge in [0.1, 0.15) is 17.7 Å². The van der Waals surface area contributed by atoms with E-state index in [1.165, 1.54) is 6.33 Å². The Kier molecular flexibility index (Phi) is 3.95. The van der Waals surface area contributed by atoms with Crippen LogP contribution in [0.2, 0.25) is 0 Å². The fourth-order valence-corrected chi connectivity index (χ4v) is 2.23. The molecule has 1 aromatic carbocycles. The van der Waals surface area contributed by atoms with Gasteiger partial charge in [0.05, 0.1) is 11.6 Å². The SMILES string of the molecule is Cc1ncnc(C)c1-c1ccc(OC(C)(C)C)cc1C#N. The molecule has 2 aromatic rings. The van der Waals surface area contributed by atoms with Crippen molar-refractivity contribution in [2.75, 3.05) is 0 Å². The number of benzene rings is 1. The second-order valence-electron chi connectivity index (χ2n) is 5.95. The van der Waals surface area contributed by atoms with Crippen LogP contribution in [0.4, 0.5) is 0 Å². The molecule has 2 rings (SSSR count). The monoisotopic (exact) mass is 281 g/mol. The van der Waals surface area contributed by atoms with Gasteiger partial charge in [0, 0.05) is 22.5 Å². The van der Waals surface area contributed by atoms with Gasteiger partial charge in [-0.15, -0.1) is 0 Å². The maximum atomic E-state index is 9.44. The lowest BCUT2D eigenvalue weighted by Gasteiger charge is -2.22. The Balaban J connectivity index is 2.54. The molecule has 108 valence electrons. The van der Waals surface area contributed by atoms with Gasteiger partial charge >= 0.3 is 0 Å². The quantitative estimate of drug-likeness (QED) is 0.839. The summed E-state index contributed by atoms with van der Waals surface area (Å²) in [5.74, 6) is 0.690. The molecular weight excluding hydrogens is 262 g/mol. The molecule has 0 spiro atoms. The number of ether oxygens (including phenoxy) is 1. The van der Waals surface area contributed by atoms with Crippen LogP contribution in [0, 0.1) is 25.2 Å². The normalized spacial score (nSPS) is 11.0. The predicted octanol–water partition coefficient (Wildman–Crippen LogP) is 3.81. The van der Waals surface area contributed by atoms with Gasteiger partial charge in [-0.05, 0) is 52.8 Å². The molecule has 0 radical (unpaired) electrons. The van der Waals surface area contributed by atoms with E-state index in [2.05, 4.69) is 16.0 Å². The van der Waals surface area contributed by atoms with Crippen molar-refractivity contribution in [3.8, 4) is 22.9 Å². The van der Waals surface area contributed by atoms with Crippen molar-refractivity contribution in [2.24, 2.45) is 0 Å². The zero-order chi connectivity index (χ0) is 15.6. The number of nitriles is 1. The first-order chi connectivity index (χ1) is 9.81. The van der Waals surface area contributed by atoms with Crippen LogP contribution in [-0.4, -0.2) is 15.6 Å². The number of rotatable bonds is 2. The number of aromatic nitrogens is 2. The smallest absolute Gasteiger partial charge is 0.121 e. The minimum atomic E-state index is -0.296. The largest absolute Gasteiger partial charge is 0.488 e. The molecule has 4 heteroatoms. The zero-order valence-electron chi connectivity index (χ0n) is 13.1. The fourth-order valence-electron chi connectivity index (χ4n) is 2.23. The van der Waals surface area contributed by atoms with Crippen molar-refractivity contribution in [2.45, 2.75) is 40.2 Å². The van der Waals surface area contributed by atoms with E-state index < -0.39 is 0 Å². The molecule has 0 atom stereocenters. The van der Waals surface area contributed by atoms with E-state index in [4.69, 9.17) is 4.74 Å². The summed E-state index contributed by atoms with van der Waals surface area (Å²) in [4.78, 5) is 8.44. The molecule has 0 aliphatic rings. The van der Waals surface area contributed by atoms with Crippen LogP contribution in [0.1, 0.15) is 37.7 Å². The molecule has 0 aliphatic heterocycles. The molecule has 0 saturated carbocycles. The minimum absolute atomic E-state index is 0.296. The van der Waals surface area contributed by atoms with Gasteiger partial charge in [-0.3, -0.25) is 0 Å². The summed E-state index contributed by atoms with van der Waals surface area (Å²) < 4.78 is 5.81. The van der Waals surface area contributed by atoms with Crippen molar-refractivity contribution in [1.29, 1.82) is 5.26 Å².